The number of piperidine rings is 1. The first-order chi connectivity index (χ1) is 11.4. The van der Waals surface area contributed by atoms with E-state index in [1.165, 1.54) is 0 Å². The van der Waals surface area contributed by atoms with E-state index in [1.807, 2.05) is 32.0 Å². The number of rotatable bonds is 2. The Morgan fingerprint density at radius 3 is 2.38 bits per heavy atom. The maximum atomic E-state index is 12.4. The van der Waals surface area contributed by atoms with Crippen LogP contribution in [0.5, 0.6) is 0 Å². The molecule has 2 fully saturated rings. The molecule has 1 aromatic rings. The third kappa shape index (κ3) is 3.79. The molecule has 0 aromatic heterocycles. The van der Waals surface area contributed by atoms with E-state index in [2.05, 4.69) is 19.2 Å². The molecule has 2 aliphatic heterocycles. The van der Waals surface area contributed by atoms with Crippen LogP contribution in [0.4, 0.5) is 0 Å². The molecule has 132 valence electrons. The molecule has 5 nitrogen and oxygen atoms in total. The number of hydrogen-bond acceptors (Lipinski definition) is 5. The fourth-order valence-electron chi connectivity index (χ4n) is 3.76. The molecule has 0 bridgehead atoms. The van der Waals surface area contributed by atoms with Gasteiger partial charge in [0.2, 0.25) is 0 Å². The molecule has 0 amide bonds. The smallest absolute Gasteiger partial charge is 0.338 e. The SMILES string of the molecule is Cc1ccc(C(=O)OC2COC3(CC(C)NC(C)C3)OC2)c(C)c1. The lowest BCUT2D eigenvalue weighted by Gasteiger charge is -2.46. The number of benzene rings is 1. The number of carbonyl (C=O) groups is 1. The van der Waals surface area contributed by atoms with Crippen molar-refractivity contribution in [1.82, 2.24) is 5.32 Å². The Kier molecular flexibility index (Phi) is 4.95. The van der Waals surface area contributed by atoms with Crippen LogP contribution in [0.2, 0.25) is 0 Å². The van der Waals surface area contributed by atoms with Crippen LogP contribution in [0.3, 0.4) is 0 Å². The van der Waals surface area contributed by atoms with Gasteiger partial charge >= 0.3 is 5.97 Å². The Balaban J connectivity index is 1.58. The maximum absolute atomic E-state index is 12.4. The minimum absolute atomic E-state index is 0.312. The second-order valence-electron chi connectivity index (χ2n) is 7.26. The van der Waals surface area contributed by atoms with Crippen molar-refractivity contribution in [2.75, 3.05) is 13.2 Å². The van der Waals surface area contributed by atoms with E-state index in [-0.39, 0.29) is 12.1 Å². The van der Waals surface area contributed by atoms with Crippen molar-refractivity contribution < 1.29 is 19.0 Å². The Hall–Kier alpha value is -1.43. The van der Waals surface area contributed by atoms with Crippen LogP contribution in [0.1, 0.15) is 48.2 Å². The molecule has 24 heavy (non-hydrogen) atoms. The Bertz CT molecular complexity index is 595. The molecule has 2 heterocycles. The summed E-state index contributed by atoms with van der Waals surface area (Å²) in [5.41, 5.74) is 2.66. The third-order valence-electron chi connectivity index (χ3n) is 4.74. The highest BCUT2D eigenvalue weighted by molar-refractivity contribution is 5.91. The lowest BCUT2D eigenvalue weighted by molar-refractivity contribution is -0.307. The third-order valence-corrected chi connectivity index (χ3v) is 4.74. The summed E-state index contributed by atoms with van der Waals surface area (Å²) in [4.78, 5) is 12.4. The zero-order valence-corrected chi connectivity index (χ0v) is 14.9. The van der Waals surface area contributed by atoms with Gasteiger partial charge in [0.05, 0.1) is 18.8 Å². The molecule has 1 spiro atoms. The minimum atomic E-state index is -0.535. The summed E-state index contributed by atoms with van der Waals surface area (Å²) >= 11 is 0. The topological polar surface area (TPSA) is 56.8 Å². The fourth-order valence-corrected chi connectivity index (χ4v) is 3.76. The lowest BCUT2D eigenvalue weighted by atomic mass is 9.93. The van der Waals surface area contributed by atoms with Gasteiger partial charge in [-0.1, -0.05) is 17.7 Å². The van der Waals surface area contributed by atoms with Gasteiger partial charge in [-0.2, -0.15) is 0 Å². The largest absolute Gasteiger partial charge is 0.454 e. The van der Waals surface area contributed by atoms with Crippen LogP contribution in [-0.4, -0.2) is 43.2 Å². The highest BCUT2D eigenvalue weighted by Crippen LogP contribution is 2.33. The average molecular weight is 333 g/mol. The first kappa shape index (κ1) is 17.4. The summed E-state index contributed by atoms with van der Waals surface area (Å²) in [6.45, 7) is 8.97. The number of ether oxygens (including phenoxy) is 3. The molecule has 3 rings (SSSR count). The fraction of sp³-hybridized carbons (Fsp3) is 0.632. The van der Waals surface area contributed by atoms with Crippen molar-refractivity contribution in [3.63, 3.8) is 0 Å². The van der Waals surface area contributed by atoms with Gasteiger partial charge in [0.25, 0.3) is 0 Å². The predicted molar refractivity (Wildman–Crippen MR) is 91.0 cm³/mol. The van der Waals surface area contributed by atoms with E-state index in [9.17, 15) is 4.79 Å². The number of carbonyl (C=O) groups excluding carboxylic acids is 1. The molecule has 2 atom stereocenters. The van der Waals surface area contributed by atoms with Crippen LogP contribution in [0.25, 0.3) is 0 Å². The van der Waals surface area contributed by atoms with Gasteiger partial charge in [0, 0.05) is 24.9 Å². The second-order valence-corrected chi connectivity index (χ2v) is 7.26. The first-order valence-corrected chi connectivity index (χ1v) is 8.69. The average Bonchev–Trinajstić information content (AvgIpc) is 2.48. The van der Waals surface area contributed by atoms with E-state index in [4.69, 9.17) is 14.2 Å². The van der Waals surface area contributed by atoms with Gasteiger partial charge in [0.15, 0.2) is 5.79 Å². The van der Waals surface area contributed by atoms with Crippen molar-refractivity contribution in [1.29, 1.82) is 0 Å². The van der Waals surface area contributed by atoms with Gasteiger partial charge in [-0.25, -0.2) is 4.79 Å². The quantitative estimate of drug-likeness (QED) is 0.844. The number of esters is 1. The molecule has 0 radical (unpaired) electrons. The molecular formula is C19H27NO4. The van der Waals surface area contributed by atoms with Crippen LogP contribution in [-0.2, 0) is 14.2 Å². The lowest BCUT2D eigenvalue weighted by Crippen LogP contribution is -2.57. The Morgan fingerprint density at radius 1 is 1.17 bits per heavy atom. The number of hydrogen-bond donors (Lipinski definition) is 1. The molecule has 5 heteroatoms. The van der Waals surface area contributed by atoms with E-state index >= 15 is 0 Å². The van der Waals surface area contributed by atoms with Gasteiger partial charge in [0.1, 0.15) is 6.10 Å². The van der Waals surface area contributed by atoms with Crippen LogP contribution in [0.15, 0.2) is 18.2 Å². The van der Waals surface area contributed by atoms with E-state index in [0.717, 1.165) is 24.0 Å². The van der Waals surface area contributed by atoms with Gasteiger partial charge in [-0.15, -0.1) is 0 Å². The summed E-state index contributed by atoms with van der Waals surface area (Å²) in [5.74, 6) is -0.847. The Labute approximate surface area is 143 Å². The zero-order valence-electron chi connectivity index (χ0n) is 14.9. The molecule has 1 N–H and O–H groups in total. The van der Waals surface area contributed by atoms with Gasteiger partial charge in [-0.05, 0) is 39.3 Å². The van der Waals surface area contributed by atoms with Gasteiger partial charge < -0.3 is 19.5 Å². The normalized spacial score (nSPS) is 33.4. The highest BCUT2D eigenvalue weighted by Gasteiger charge is 2.43. The molecule has 1 aromatic carbocycles. The Morgan fingerprint density at radius 2 is 1.79 bits per heavy atom. The predicted octanol–water partition coefficient (Wildman–Crippen LogP) is 2.73. The van der Waals surface area contributed by atoms with Crippen LogP contribution < -0.4 is 5.32 Å². The van der Waals surface area contributed by atoms with Crippen molar-refractivity contribution in [2.45, 2.75) is 64.5 Å². The standard InChI is InChI=1S/C19H27NO4/c1-12-5-6-17(13(2)7-12)18(21)24-16-10-22-19(23-11-16)8-14(3)20-15(4)9-19/h5-7,14-16,20H,8-11H2,1-4H3. The first-order valence-electron chi connectivity index (χ1n) is 8.69. The second kappa shape index (κ2) is 6.82. The van der Waals surface area contributed by atoms with Crippen molar-refractivity contribution in [2.24, 2.45) is 0 Å². The van der Waals surface area contributed by atoms with Crippen LogP contribution >= 0.6 is 0 Å². The maximum Gasteiger partial charge on any atom is 0.338 e. The number of aryl methyl sites for hydroxylation is 2. The molecular weight excluding hydrogens is 306 g/mol. The van der Waals surface area contributed by atoms with Crippen molar-refractivity contribution >= 4 is 5.97 Å². The van der Waals surface area contributed by atoms with E-state index < -0.39 is 5.79 Å². The summed E-state index contributed by atoms with van der Waals surface area (Å²) < 4.78 is 17.6. The number of nitrogens with one attached hydrogen (secondary N) is 1. The molecule has 2 saturated heterocycles. The molecule has 0 aliphatic carbocycles. The van der Waals surface area contributed by atoms with E-state index in [0.29, 0.717) is 30.9 Å². The zero-order chi connectivity index (χ0) is 17.3. The molecule has 0 saturated carbocycles. The van der Waals surface area contributed by atoms with Crippen molar-refractivity contribution in [3.8, 4) is 0 Å². The minimum Gasteiger partial charge on any atom is -0.454 e. The highest BCUT2D eigenvalue weighted by atomic mass is 16.7. The van der Waals surface area contributed by atoms with Crippen molar-refractivity contribution in [3.05, 3.63) is 34.9 Å². The van der Waals surface area contributed by atoms with Gasteiger partial charge in [-0.3, -0.25) is 0 Å². The molecule has 2 unspecified atom stereocenters. The van der Waals surface area contributed by atoms with Crippen LogP contribution in [0, 0.1) is 13.8 Å². The summed E-state index contributed by atoms with van der Waals surface area (Å²) in [6, 6.07) is 6.42. The van der Waals surface area contributed by atoms with E-state index in [1.54, 1.807) is 0 Å². The summed E-state index contributed by atoms with van der Waals surface area (Å²) in [7, 11) is 0. The summed E-state index contributed by atoms with van der Waals surface area (Å²) in [6.07, 6.45) is 1.27. The monoisotopic (exact) mass is 333 g/mol. The summed E-state index contributed by atoms with van der Waals surface area (Å²) in [5, 5.41) is 3.48. The molecule has 2 aliphatic rings.